The van der Waals surface area contributed by atoms with Crippen LogP contribution in [-0.2, 0) is 15.0 Å². The number of carbonyl (C=O) groups excluding carboxylic acids is 2. The minimum absolute atomic E-state index is 0.0278. The van der Waals surface area contributed by atoms with E-state index in [0.717, 1.165) is 5.56 Å². The Bertz CT molecular complexity index is 775. The largest absolute Gasteiger partial charge is 0.489 e. The molecule has 0 heterocycles. The molecule has 138 valence electrons. The molecular weight excluding hydrogens is 328 g/mol. The van der Waals surface area contributed by atoms with E-state index in [1.54, 1.807) is 30.3 Å². The topological polar surface area (TPSA) is 67.4 Å². The van der Waals surface area contributed by atoms with Crippen LogP contribution >= 0.6 is 0 Å². The van der Waals surface area contributed by atoms with E-state index in [1.807, 2.05) is 32.0 Å². The fourth-order valence-corrected chi connectivity index (χ4v) is 2.35. The summed E-state index contributed by atoms with van der Waals surface area (Å²) in [4.78, 5) is 24.4. The molecule has 2 rings (SSSR count). The molecule has 2 amide bonds. The van der Waals surface area contributed by atoms with Crippen molar-refractivity contribution in [3.05, 3.63) is 54.1 Å². The average molecular weight is 354 g/mol. The Morgan fingerprint density at radius 2 is 1.46 bits per heavy atom. The van der Waals surface area contributed by atoms with Crippen molar-refractivity contribution in [2.45, 2.75) is 46.1 Å². The van der Waals surface area contributed by atoms with E-state index in [-0.39, 0.29) is 11.5 Å². The van der Waals surface area contributed by atoms with Crippen LogP contribution in [0, 0.1) is 0 Å². The highest BCUT2D eigenvalue weighted by atomic mass is 16.5. The first-order chi connectivity index (χ1) is 12.2. The molecule has 0 spiro atoms. The molecule has 0 aliphatic heterocycles. The molecule has 0 atom stereocenters. The molecule has 5 nitrogen and oxygen atoms in total. The maximum absolute atomic E-state index is 12.2. The molecule has 26 heavy (non-hydrogen) atoms. The van der Waals surface area contributed by atoms with Crippen molar-refractivity contribution >= 4 is 23.2 Å². The van der Waals surface area contributed by atoms with Gasteiger partial charge in [-0.3, -0.25) is 9.59 Å². The first kappa shape index (κ1) is 19.5. The molecule has 0 fully saturated rings. The predicted molar refractivity (Wildman–Crippen MR) is 105 cm³/mol. The van der Waals surface area contributed by atoms with Crippen LogP contribution in [-0.4, -0.2) is 17.9 Å². The minimum Gasteiger partial charge on any atom is -0.489 e. The fraction of sp³-hybridized carbons (Fsp3) is 0.333. The van der Waals surface area contributed by atoms with E-state index in [0.29, 0.717) is 17.1 Å². The number of para-hydroxylation sites is 2. The van der Waals surface area contributed by atoms with Gasteiger partial charge in [-0.05, 0) is 49.1 Å². The van der Waals surface area contributed by atoms with Crippen LogP contribution < -0.4 is 15.4 Å². The number of benzene rings is 2. The van der Waals surface area contributed by atoms with Gasteiger partial charge < -0.3 is 15.4 Å². The van der Waals surface area contributed by atoms with Crippen molar-refractivity contribution in [2.24, 2.45) is 0 Å². The summed E-state index contributed by atoms with van der Waals surface area (Å²) in [5.41, 5.74) is 2.22. The van der Waals surface area contributed by atoms with Crippen molar-refractivity contribution < 1.29 is 14.3 Å². The van der Waals surface area contributed by atoms with Gasteiger partial charge in [0.05, 0.1) is 11.8 Å². The van der Waals surface area contributed by atoms with Gasteiger partial charge in [0.25, 0.3) is 0 Å². The third-order valence-electron chi connectivity index (χ3n) is 3.71. The van der Waals surface area contributed by atoms with Gasteiger partial charge in [0, 0.05) is 5.69 Å². The number of anilines is 2. The summed E-state index contributed by atoms with van der Waals surface area (Å²) in [5.74, 6) is -0.948. The first-order valence-electron chi connectivity index (χ1n) is 8.65. The molecule has 5 heteroatoms. The summed E-state index contributed by atoms with van der Waals surface area (Å²) in [7, 11) is 0. The third kappa shape index (κ3) is 5.34. The van der Waals surface area contributed by atoms with Crippen LogP contribution in [0.2, 0.25) is 0 Å². The Morgan fingerprint density at radius 3 is 2.04 bits per heavy atom. The zero-order chi connectivity index (χ0) is 19.3. The highest BCUT2D eigenvalue weighted by Gasteiger charge is 2.17. The molecule has 0 radical (unpaired) electrons. The molecule has 2 aromatic carbocycles. The second kappa shape index (κ2) is 8.04. The molecule has 0 bridgehead atoms. The molecule has 0 saturated carbocycles. The van der Waals surface area contributed by atoms with Crippen molar-refractivity contribution in [1.82, 2.24) is 0 Å². The molecule has 0 aromatic heterocycles. The number of carbonyl (C=O) groups is 2. The van der Waals surface area contributed by atoms with Gasteiger partial charge >= 0.3 is 11.8 Å². The SMILES string of the molecule is CC(C)Oc1ccccc1NC(=O)C(=O)Nc1ccc(C(C)(C)C)cc1. The maximum atomic E-state index is 12.2. The lowest BCUT2D eigenvalue weighted by atomic mass is 9.87. The van der Waals surface area contributed by atoms with E-state index in [4.69, 9.17) is 4.74 Å². The van der Waals surface area contributed by atoms with Crippen molar-refractivity contribution in [2.75, 3.05) is 10.6 Å². The summed E-state index contributed by atoms with van der Waals surface area (Å²) in [6, 6.07) is 14.5. The van der Waals surface area contributed by atoms with Gasteiger partial charge in [0.15, 0.2) is 0 Å². The number of amides is 2. The second-order valence-corrected chi connectivity index (χ2v) is 7.40. The standard InChI is InChI=1S/C21H26N2O3/c1-14(2)26-18-9-7-6-8-17(18)23-20(25)19(24)22-16-12-10-15(11-13-16)21(3,4)5/h6-14H,1-5H3,(H,22,24)(H,23,25). The highest BCUT2D eigenvalue weighted by Crippen LogP contribution is 2.25. The lowest BCUT2D eigenvalue weighted by Crippen LogP contribution is -2.29. The van der Waals surface area contributed by atoms with Crippen LogP contribution in [0.3, 0.4) is 0 Å². The van der Waals surface area contributed by atoms with Crippen LogP contribution in [0.15, 0.2) is 48.5 Å². The monoisotopic (exact) mass is 354 g/mol. The number of hydrogen-bond donors (Lipinski definition) is 2. The summed E-state index contributed by atoms with van der Waals surface area (Å²) < 4.78 is 5.64. The van der Waals surface area contributed by atoms with E-state index in [9.17, 15) is 9.59 Å². The Hall–Kier alpha value is -2.82. The zero-order valence-electron chi connectivity index (χ0n) is 15.9. The first-order valence-corrected chi connectivity index (χ1v) is 8.65. The molecule has 2 N–H and O–H groups in total. The van der Waals surface area contributed by atoms with E-state index in [1.165, 1.54) is 0 Å². The Balaban J connectivity index is 2.03. The van der Waals surface area contributed by atoms with E-state index >= 15 is 0 Å². The average Bonchev–Trinajstić information content (AvgIpc) is 2.55. The van der Waals surface area contributed by atoms with Crippen LogP contribution in [0.1, 0.15) is 40.2 Å². The predicted octanol–water partition coefficient (Wildman–Crippen LogP) is 4.35. The van der Waals surface area contributed by atoms with Crippen molar-refractivity contribution in [3.8, 4) is 5.75 Å². The van der Waals surface area contributed by atoms with Crippen molar-refractivity contribution in [3.63, 3.8) is 0 Å². The molecule has 0 aliphatic carbocycles. The zero-order valence-corrected chi connectivity index (χ0v) is 15.9. The quantitative estimate of drug-likeness (QED) is 0.802. The molecule has 0 aliphatic rings. The Labute approximate surface area is 154 Å². The van der Waals surface area contributed by atoms with Gasteiger partial charge in [-0.1, -0.05) is 45.0 Å². The van der Waals surface area contributed by atoms with Gasteiger partial charge in [-0.2, -0.15) is 0 Å². The fourth-order valence-electron chi connectivity index (χ4n) is 2.35. The molecule has 2 aromatic rings. The van der Waals surface area contributed by atoms with E-state index in [2.05, 4.69) is 31.4 Å². The number of hydrogen-bond acceptors (Lipinski definition) is 3. The van der Waals surface area contributed by atoms with E-state index < -0.39 is 11.8 Å². The smallest absolute Gasteiger partial charge is 0.314 e. The second-order valence-electron chi connectivity index (χ2n) is 7.40. The van der Waals surface area contributed by atoms with Gasteiger partial charge in [-0.15, -0.1) is 0 Å². The summed E-state index contributed by atoms with van der Waals surface area (Å²) >= 11 is 0. The highest BCUT2D eigenvalue weighted by molar-refractivity contribution is 6.43. The molecular formula is C21H26N2O3. The summed E-state index contributed by atoms with van der Waals surface area (Å²) in [5, 5.41) is 5.20. The van der Waals surface area contributed by atoms with Crippen molar-refractivity contribution in [1.29, 1.82) is 0 Å². The number of nitrogens with one attached hydrogen (secondary N) is 2. The minimum atomic E-state index is -0.746. The van der Waals surface area contributed by atoms with Crippen LogP contribution in [0.4, 0.5) is 11.4 Å². The Morgan fingerprint density at radius 1 is 0.885 bits per heavy atom. The number of rotatable bonds is 4. The lowest BCUT2D eigenvalue weighted by Gasteiger charge is -2.19. The van der Waals surface area contributed by atoms with Crippen LogP contribution in [0.5, 0.6) is 5.75 Å². The van der Waals surface area contributed by atoms with Gasteiger partial charge in [-0.25, -0.2) is 0 Å². The van der Waals surface area contributed by atoms with Gasteiger partial charge in [0.2, 0.25) is 0 Å². The normalized spacial score (nSPS) is 11.2. The lowest BCUT2D eigenvalue weighted by molar-refractivity contribution is -0.133. The maximum Gasteiger partial charge on any atom is 0.314 e. The summed E-state index contributed by atoms with van der Waals surface area (Å²) in [6.45, 7) is 10.1. The Kier molecular flexibility index (Phi) is 6.03. The third-order valence-corrected chi connectivity index (χ3v) is 3.71. The number of ether oxygens (including phenoxy) is 1. The summed E-state index contributed by atoms with van der Waals surface area (Å²) in [6.07, 6.45) is -0.0387. The molecule has 0 unspecified atom stereocenters. The van der Waals surface area contributed by atoms with Crippen LogP contribution in [0.25, 0.3) is 0 Å². The van der Waals surface area contributed by atoms with Gasteiger partial charge in [0.1, 0.15) is 5.75 Å². The molecule has 0 saturated heterocycles.